The molecule has 0 bridgehead atoms. The molecule has 0 saturated carbocycles. The Bertz CT molecular complexity index is 448. The second-order valence-corrected chi connectivity index (χ2v) is 6.23. The van der Waals surface area contributed by atoms with Crippen molar-refractivity contribution in [2.75, 3.05) is 37.3 Å². The predicted octanol–water partition coefficient (Wildman–Crippen LogP) is 2.58. The summed E-state index contributed by atoms with van der Waals surface area (Å²) in [4.78, 5) is 11.4. The van der Waals surface area contributed by atoms with Gasteiger partial charge >= 0.3 is 0 Å². The van der Waals surface area contributed by atoms with Crippen LogP contribution < -0.4 is 10.6 Å². The van der Waals surface area contributed by atoms with E-state index in [0.29, 0.717) is 0 Å². The fraction of sp³-hybridized carbons (Fsp3) is 0.750. The molecule has 0 unspecified atom stereocenters. The average Bonchev–Trinajstić information content (AvgIpc) is 2.55. The number of aromatic nitrogens is 2. The fourth-order valence-electron chi connectivity index (χ4n) is 3.87. The monoisotopic (exact) mass is 289 g/mol. The second kappa shape index (κ2) is 7.07. The van der Waals surface area contributed by atoms with Crippen LogP contribution in [0.1, 0.15) is 38.5 Å². The topological polar surface area (TPSA) is 53.1 Å². The lowest BCUT2D eigenvalue weighted by Gasteiger charge is -2.44. The molecule has 2 aliphatic rings. The molecule has 2 N–H and O–H groups in total. The Hall–Kier alpha value is -1.36. The molecule has 3 heterocycles. The smallest absolute Gasteiger partial charge is 0.224 e. The standard InChI is InChI=1S/C16H27N5/c1-17-15-8-10-19-16(20-15)18-9-7-13-5-4-12-21-11-3-2-6-14(13)21/h8,10,13-14H,2-7,9,11-12H2,1H3,(H2,17,18,19,20)/t13-,14+/m0/s1. The van der Waals surface area contributed by atoms with Crippen molar-refractivity contribution in [1.82, 2.24) is 14.9 Å². The van der Waals surface area contributed by atoms with Gasteiger partial charge in [0.1, 0.15) is 5.82 Å². The lowest BCUT2D eigenvalue weighted by Crippen LogP contribution is -2.48. The molecular formula is C16H27N5. The van der Waals surface area contributed by atoms with Gasteiger partial charge < -0.3 is 15.5 Å². The van der Waals surface area contributed by atoms with Gasteiger partial charge in [-0.25, -0.2) is 4.98 Å². The quantitative estimate of drug-likeness (QED) is 0.872. The summed E-state index contributed by atoms with van der Waals surface area (Å²) in [5.74, 6) is 2.45. The first kappa shape index (κ1) is 14.6. The number of nitrogens with one attached hydrogen (secondary N) is 2. The van der Waals surface area contributed by atoms with Crippen molar-refractivity contribution in [2.45, 2.75) is 44.6 Å². The van der Waals surface area contributed by atoms with Crippen molar-refractivity contribution in [2.24, 2.45) is 5.92 Å². The Labute approximate surface area is 127 Å². The molecule has 0 amide bonds. The number of piperidine rings is 2. The van der Waals surface area contributed by atoms with Crippen LogP contribution in [0, 0.1) is 5.92 Å². The first-order valence-corrected chi connectivity index (χ1v) is 8.35. The number of rotatable bonds is 5. The Kier molecular flexibility index (Phi) is 4.91. The molecule has 0 aromatic carbocycles. The minimum atomic E-state index is 0.734. The Morgan fingerprint density at radius 1 is 1.24 bits per heavy atom. The van der Waals surface area contributed by atoms with Gasteiger partial charge in [-0.05, 0) is 57.2 Å². The van der Waals surface area contributed by atoms with Crippen LogP contribution in [0.2, 0.25) is 0 Å². The first-order valence-electron chi connectivity index (χ1n) is 8.35. The van der Waals surface area contributed by atoms with Gasteiger partial charge in [0.25, 0.3) is 0 Å². The van der Waals surface area contributed by atoms with E-state index in [1.54, 1.807) is 6.20 Å². The summed E-state index contributed by atoms with van der Waals surface area (Å²) in [6, 6.07) is 2.71. The first-order chi connectivity index (χ1) is 10.4. The summed E-state index contributed by atoms with van der Waals surface area (Å²) in [7, 11) is 1.88. The molecule has 2 atom stereocenters. The maximum absolute atomic E-state index is 4.41. The molecule has 1 aromatic heterocycles. The highest BCUT2D eigenvalue weighted by molar-refractivity contribution is 5.38. The summed E-state index contributed by atoms with van der Waals surface area (Å²) < 4.78 is 0. The number of anilines is 2. The van der Waals surface area contributed by atoms with Crippen LogP contribution in [0.3, 0.4) is 0 Å². The minimum Gasteiger partial charge on any atom is -0.373 e. The van der Waals surface area contributed by atoms with Gasteiger partial charge in [0.05, 0.1) is 0 Å². The highest BCUT2D eigenvalue weighted by Crippen LogP contribution is 2.32. The van der Waals surface area contributed by atoms with Crippen LogP contribution in [0.4, 0.5) is 11.8 Å². The van der Waals surface area contributed by atoms with Crippen LogP contribution in [0.15, 0.2) is 12.3 Å². The van der Waals surface area contributed by atoms with Crippen molar-refractivity contribution in [3.8, 4) is 0 Å². The third-order valence-electron chi connectivity index (χ3n) is 4.94. The molecule has 3 rings (SSSR count). The SMILES string of the molecule is CNc1ccnc(NCC[C@@H]2CCCN3CCCC[C@H]23)n1. The van der Waals surface area contributed by atoms with Gasteiger partial charge in [-0.3, -0.25) is 0 Å². The largest absolute Gasteiger partial charge is 0.373 e. The summed E-state index contributed by atoms with van der Waals surface area (Å²) in [6.45, 7) is 3.62. The van der Waals surface area contributed by atoms with Crippen LogP contribution in [-0.4, -0.2) is 47.6 Å². The summed E-state index contributed by atoms with van der Waals surface area (Å²) in [5.41, 5.74) is 0. The molecule has 2 fully saturated rings. The van der Waals surface area contributed by atoms with E-state index in [4.69, 9.17) is 0 Å². The summed E-state index contributed by atoms with van der Waals surface area (Å²) in [6.07, 6.45) is 9.99. The van der Waals surface area contributed by atoms with Crippen LogP contribution >= 0.6 is 0 Å². The molecular weight excluding hydrogens is 262 g/mol. The van der Waals surface area contributed by atoms with Gasteiger partial charge in [-0.15, -0.1) is 0 Å². The van der Waals surface area contributed by atoms with E-state index >= 15 is 0 Å². The predicted molar refractivity (Wildman–Crippen MR) is 86.6 cm³/mol. The van der Waals surface area contributed by atoms with Crippen molar-refractivity contribution in [3.63, 3.8) is 0 Å². The van der Waals surface area contributed by atoms with E-state index in [1.165, 1.54) is 51.6 Å². The van der Waals surface area contributed by atoms with Crippen LogP contribution in [-0.2, 0) is 0 Å². The zero-order valence-corrected chi connectivity index (χ0v) is 13.0. The Morgan fingerprint density at radius 2 is 2.14 bits per heavy atom. The molecule has 5 nitrogen and oxygen atoms in total. The Morgan fingerprint density at radius 3 is 3.05 bits per heavy atom. The van der Waals surface area contributed by atoms with Crippen LogP contribution in [0.25, 0.3) is 0 Å². The second-order valence-electron chi connectivity index (χ2n) is 6.23. The van der Waals surface area contributed by atoms with Gasteiger partial charge in [0.15, 0.2) is 0 Å². The van der Waals surface area contributed by atoms with Crippen molar-refractivity contribution in [3.05, 3.63) is 12.3 Å². The van der Waals surface area contributed by atoms with Gasteiger partial charge in [-0.2, -0.15) is 4.98 Å². The highest BCUT2D eigenvalue weighted by Gasteiger charge is 2.32. The van der Waals surface area contributed by atoms with E-state index in [0.717, 1.165) is 30.3 Å². The molecule has 0 spiro atoms. The molecule has 2 saturated heterocycles. The zero-order valence-electron chi connectivity index (χ0n) is 13.0. The summed E-state index contributed by atoms with van der Waals surface area (Å²) >= 11 is 0. The minimum absolute atomic E-state index is 0.734. The Balaban J connectivity index is 1.49. The molecule has 0 aliphatic carbocycles. The van der Waals surface area contributed by atoms with Gasteiger partial charge in [0.2, 0.25) is 5.95 Å². The van der Waals surface area contributed by atoms with Crippen molar-refractivity contribution in [1.29, 1.82) is 0 Å². The number of fused-ring (bicyclic) bond motifs is 1. The number of hydrogen-bond acceptors (Lipinski definition) is 5. The number of hydrogen-bond donors (Lipinski definition) is 2. The van der Waals surface area contributed by atoms with E-state index in [-0.39, 0.29) is 0 Å². The fourth-order valence-corrected chi connectivity index (χ4v) is 3.87. The lowest BCUT2D eigenvalue weighted by atomic mass is 9.82. The average molecular weight is 289 g/mol. The molecule has 21 heavy (non-hydrogen) atoms. The van der Waals surface area contributed by atoms with Crippen LogP contribution in [0.5, 0.6) is 0 Å². The normalized spacial score (nSPS) is 26.1. The highest BCUT2D eigenvalue weighted by atomic mass is 15.2. The third-order valence-corrected chi connectivity index (χ3v) is 4.94. The van der Waals surface area contributed by atoms with Crippen molar-refractivity contribution >= 4 is 11.8 Å². The molecule has 116 valence electrons. The van der Waals surface area contributed by atoms with E-state index < -0.39 is 0 Å². The third kappa shape index (κ3) is 3.64. The van der Waals surface area contributed by atoms with E-state index in [2.05, 4.69) is 25.5 Å². The van der Waals surface area contributed by atoms with Crippen molar-refractivity contribution < 1.29 is 0 Å². The van der Waals surface area contributed by atoms with E-state index in [9.17, 15) is 0 Å². The van der Waals surface area contributed by atoms with Gasteiger partial charge in [0, 0.05) is 25.8 Å². The molecule has 2 aliphatic heterocycles. The lowest BCUT2D eigenvalue weighted by molar-refractivity contribution is 0.0573. The maximum atomic E-state index is 4.41. The van der Waals surface area contributed by atoms with Gasteiger partial charge in [-0.1, -0.05) is 6.42 Å². The van der Waals surface area contributed by atoms with E-state index in [1.807, 2.05) is 13.1 Å². The summed E-state index contributed by atoms with van der Waals surface area (Å²) in [5, 5.41) is 6.43. The molecule has 1 aromatic rings. The zero-order chi connectivity index (χ0) is 14.5. The number of nitrogens with zero attached hydrogens (tertiary/aromatic N) is 3. The molecule has 0 radical (unpaired) electrons. The maximum Gasteiger partial charge on any atom is 0.224 e. The molecule has 5 heteroatoms.